The molecule has 6 heteroatoms. The largest absolute Gasteiger partial charge is 0.508 e. The normalized spacial score (nSPS) is 12.0. The second kappa shape index (κ2) is 5.55. The molecule has 0 aliphatic rings. The zero-order valence-corrected chi connectivity index (χ0v) is 13.3. The third-order valence-electron chi connectivity index (χ3n) is 3.15. The molecule has 0 fully saturated rings. The molecule has 0 saturated heterocycles. The number of nitrogens with zero attached hydrogens (tertiary/aromatic N) is 1. The van der Waals surface area contributed by atoms with Gasteiger partial charge in [-0.3, -0.25) is 0 Å². The molecule has 20 heavy (non-hydrogen) atoms. The SMILES string of the molecule is Cc1cc(S(=O)(=O)N(C)Cc2ccc(O)cc2)sc1C. The molecular weight excluding hydrogens is 294 g/mol. The Hall–Kier alpha value is -1.37. The fraction of sp³-hybridized carbons (Fsp3) is 0.286. The quantitative estimate of drug-likeness (QED) is 0.944. The highest BCUT2D eigenvalue weighted by Crippen LogP contribution is 2.28. The number of hydrogen-bond donors (Lipinski definition) is 1. The summed E-state index contributed by atoms with van der Waals surface area (Å²) < 4.78 is 26.6. The second-order valence-electron chi connectivity index (χ2n) is 4.73. The zero-order valence-electron chi connectivity index (χ0n) is 11.6. The van der Waals surface area contributed by atoms with E-state index in [0.717, 1.165) is 16.0 Å². The number of benzene rings is 1. The van der Waals surface area contributed by atoms with E-state index in [1.54, 1.807) is 37.4 Å². The Morgan fingerprint density at radius 1 is 1.20 bits per heavy atom. The molecule has 0 amide bonds. The van der Waals surface area contributed by atoms with Crippen LogP contribution in [-0.2, 0) is 16.6 Å². The Bertz CT molecular complexity index is 683. The number of rotatable bonds is 4. The fourth-order valence-electron chi connectivity index (χ4n) is 1.76. The van der Waals surface area contributed by atoms with Gasteiger partial charge in [0.05, 0.1) is 0 Å². The molecule has 2 rings (SSSR count). The Balaban J connectivity index is 2.23. The number of aryl methyl sites for hydroxylation is 2. The summed E-state index contributed by atoms with van der Waals surface area (Å²) in [5.41, 5.74) is 1.82. The molecule has 2 aromatic rings. The summed E-state index contributed by atoms with van der Waals surface area (Å²) in [7, 11) is -1.90. The molecular formula is C14H17NO3S2. The van der Waals surface area contributed by atoms with Crippen molar-refractivity contribution >= 4 is 21.4 Å². The number of phenols is 1. The van der Waals surface area contributed by atoms with Crippen LogP contribution < -0.4 is 0 Å². The molecule has 1 N–H and O–H groups in total. The van der Waals surface area contributed by atoms with E-state index in [1.165, 1.54) is 15.6 Å². The van der Waals surface area contributed by atoms with Gasteiger partial charge in [0.1, 0.15) is 9.96 Å². The summed E-state index contributed by atoms with van der Waals surface area (Å²) in [5.74, 6) is 0.170. The van der Waals surface area contributed by atoms with Crippen molar-refractivity contribution < 1.29 is 13.5 Å². The monoisotopic (exact) mass is 311 g/mol. The molecule has 4 nitrogen and oxygen atoms in total. The highest BCUT2D eigenvalue weighted by Gasteiger charge is 2.23. The Labute approximate surface area is 123 Å². The van der Waals surface area contributed by atoms with Crippen molar-refractivity contribution in [3.8, 4) is 5.75 Å². The average molecular weight is 311 g/mol. The minimum absolute atomic E-state index is 0.170. The van der Waals surface area contributed by atoms with Crippen LogP contribution in [0.2, 0.25) is 0 Å². The molecule has 1 aromatic carbocycles. The van der Waals surface area contributed by atoms with E-state index in [0.29, 0.717) is 4.21 Å². The van der Waals surface area contributed by atoms with Gasteiger partial charge in [0.25, 0.3) is 10.0 Å². The lowest BCUT2D eigenvalue weighted by Crippen LogP contribution is -2.25. The van der Waals surface area contributed by atoms with Crippen LogP contribution in [0, 0.1) is 13.8 Å². The third kappa shape index (κ3) is 3.03. The molecule has 0 spiro atoms. The first-order chi connectivity index (χ1) is 9.30. The van der Waals surface area contributed by atoms with E-state index >= 15 is 0 Å². The molecule has 0 aliphatic heterocycles. The first-order valence-electron chi connectivity index (χ1n) is 6.12. The first kappa shape index (κ1) is 15.0. The van der Waals surface area contributed by atoms with Crippen LogP contribution in [0.4, 0.5) is 0 Å². The smallest absolute Gasteiger partial charge is 0.252 e. The van der Waals surface area contributed by atoms with Gasteiger partial charge in [-0.2, -0.15) is 4.31 Å². The average Bonchev–Trinajstić information content (AvgIpc) is 2.73. The van der Waals surface area contributed by atoms with Crippen LogP contribution in [0.5, 0.6) is 5.75 Å². The number of sulfonamides is 1. The van der Waals surface area contributed by atoms with E-state index in [4.69, 9.17) is 0 Å². The van der Waals surface area contributed by atoms with Crippen LogP contribution >= 0.6 is 11.3 Å². The molecule has 0 atom stereocenters. The molecule has 0 bridgehead atoms. The maximum absolute atomic E-state index is 12.5. The molecule has 0 unspecified atom stereocenters. The first-order valence-corrected chi connectivity index (χ1v) is 8.37. The summed E-state index contributed by atoms with van der Waals surface area (Å²) in [6, 6.07) is 8.24. The van der Waals surface area contributed by atoms with Crippen LogP contribution in [0.3, 0.4) is 0 Å². The second-order valence-corrected chi connectivity index (χ2v) is 8.26. The van der Waals surface area contributed by atoms with Gasteiger partial charge in [-0.25, -0.2) is 8.42 Å². The standard InChI is InChI=1S/C14H17NO3S2/c1-10-8-14(19-11(10)2)20(17,18)15(3)9-12-4-6-13(16)7-5-12/h4-8,16H,9H2,1-3H3. The van der Waals surface area contributed by atoms with Gasteiger partial charge in [-0.1, -0.05) is 12.1 Å². The van der Waals surface area contributed by atoms with Crippen molar-refractivity contribution in [1.29, 1.82) is 0 Å². The third-order valence-corrected chi connectivity index (χ3v) is 6.55. The molecule has 0 radical (unpaired) electrons. The van der Waals surface area contributed by atoms with Gasteiger partial charge in [0, 0.05) is 18.5 Å². The van der Waals surface area contributed by atoms with Crippen LogP contribution in [-0.4, -0.2) is 24.9 Å². The van der Waals surface area contributed by atoms with Crippen LogP contribution in [0.15, 0.2) is 34.5 Å². The lowest BCUT2D eigenvalue weighted by molar-refractivity contribution is 0.465. The number of aromatic hydroxyl groups is 1. The van der Waals surface area contributed by atoms with Crippen molar-refractivity contribution in [2.45, 2.75) is 24.6 Å². The predicted octanol–water partition coefficient (Wildman–Crippen LogP) is 2.89. The van der Waals surface area contributed by atoms with Crippen molar-refractivity contribution in [3.63, 3.8) is 0 Å². The Kier molecular flexibility index (Phi) is 4.17. The van der Waals surface area contributed by atoms with Crippen molar-refractivity contribution in [3.05, 3.63) is 46.3 Å². The number of hydrogen-bond acceptors (Lipinski definition) is 4. The van der Waals surface area contributed by atoms with E-state index in [2.05, 4.69) is 0 Å². The van der Waals surface area contributed by atoms with Crippen LogP contribution in [0.1, 0.15) is 16.0 Å². The molecule has 108 valence electrons. The van der Waals surface area contributed by atoms with E-state index in [9.17, 15) is 13.5 Å². The highest BCUT2D eigenvalue weighted by atomic mass is 32.2. The summed E-state index contributed by atoms with van der Waals surface area (Å²) >= 11 is 1.29. The summed E-state index contributed by atoms with van der Waals surface area (Å²) in [6.07, 6.45) is 0. The maximum atomic E-state index is 12.5. The Morgan fingerprint density at radius 3 is 2.30 bits per heavy atom. The van der Waals surface area contributed by atoms with Gasteiger partial charge in [0.2, 0.25) is 0 Å². The molecule has 0 saturated carbocycles. The minimum atomic E-state index is -3.46. The predicted molar refractivity (Wildman–Crippen MR) is 80.6 cm³/mol. The van der Waals surface area contributed by atoms with Gasteiger partial charge in [-0.15, -0.1) is 11.3 Å². The van der Waals surface area contributed by atoms with Crippen molar-refractivity contribution in [2.24, 2.45) is 0 Å². The molecule has 0 aliphatic carbocycles. The number of thiophene rings is 1. The summed E-state index contributed by atoms with van der Waals surface area (Å²) in [4.78, 5) is 1.02. The zero-order chi connectivity index (χ0) is 14.9. The maximum Gasteiger partial charge on any atom is 0.252 e. The molecule has 1 aromatic heterocycles. The fourth-order valence-corrected chi connectivity index (χ4v) is 4.65. The lowest BCUT2D eigenvalue weighted by Gasteiger charge is -2.16. The minimum Gasteiger partial charge on any atom is -0.508 e. The summed E-state index contributed by atoms with van der Waals surface area (Å²) in [6.45, 7) is 4.10. The lowest BCUT2D eigenvalue weighted by atomic mass is 10.2. The van der Waals surface area contributed by atoms with Crippen molar-refractivity contribution in [1.82, 2.24) is 4.31 Å². The van der Waals surface area contributed by atoms with Gasteiger partial charge < -0.3 is 5.11 Å². The van der Waals surface area contributed by atoms with Gasteiger partial charge in [-0.05, 0) is 43.2 Å². The van der Waals surface area contributed by atoms with Crippen molar-refractivity contribution in [2.75, 3.05) is 7.05 Å². The molecule has 1 heterocycles. The van der Waals surface area contributed by atoms with E-state index in [1.807, 2.05) is 13.8 Å². The number of phenolic OH excluding ortho intramolecular Hbond substituents is 1. The van der Waals surface area contributed by atoms with Gasteiger partial charge in [0.15, 0.2) is 0 Å². The van der Waals surface area contributed by atoms with E-state index < -0.39 is 10.0 Å². The topological polar surface area (TPSA) is 57.6 Å². The Morgan fingerprint density at radius 2 is 1.80 bits per heavy atom. The summed E-state index contributed by atoms with van der Waals surface area (Å²) in [5, 5.41) is 9.23. The van der Waals surface area contributed by atoms with Gasteiger partial charge >= 0.3 is 0 Å². The van der Waals surface area contributed by atoms with E-state index in [-0.39, 0.29) is 12.3 Å². The van der Waals surface area contributed by atoms with Crippen LogP contribution in [0.25, 0.3) is 0 Å². The highest BCUT2D eigenvalue weighted by molar-refractivity contribution is 7.91.